The van der Waals surface area contributed by atoms with E-state index in [4.69, 9.17) is 5.73 Å². The van der Waals surface area contributed by atoms with Crippen molar-refractivity contribution in [3.05, 3.63) is 30.2 Å². The van der Waals surface area contributed by atoms with Crippen LogP contribution in [0, 0.1) is 0 Å². The third kappa shape index (κ3) is 10.1. The summed E-state index contributed by atoms with van der Waals surface area (Å²) in [6, 6.07) is 0. The summed E-state index contributed by atoms with van der Waals surface area (Å²) in [5, 5.41) is 4.16. The Balaban J connectivity index is 0. The van der Waals surface area contributed by atoms with Crippen molar-refractivity contribution < 1.29 is 0 Å². The number of rotatable bonds is 9. The molecule has 12 heteroatoms. The molecule has 25 heavy (non-hydrogen) atoms. The number of guanidine groups is 1. The molecule has 2 aromatic rings. The molecule has 0 fully saturated rings. The lowest BCUT2D eigenvalue weighted by Gasteiger charge is -2.04. The van der Waals surface area contributed by atoms with Crippen molar-refractivity contribution in [3.63, 3.8) is 0 Å². The molecule has 0 unspecified atom stereocenters. The van der Waals surface area contributed by atoms with Crippen LogP contribution in [-0.2, 0) is 12.2 Å². The van der Waals surface area contributed by atoms with Gasteiger partial charge in [0.25, 0.3) is 0 Å². The number of hydrogen-bond donors (Lipinski definition) is 4. The number of aromatic nitrogens is 4. The van der Waals surface area contributed by atoms with E-state index in [0.717, 1.165) is 35.2 Å². The first kappa shape index (κ1) is 26.5. The van der Waals surface area contributed by atoms with E-state index < -0.39 is 0 Å². The Hall–Kier alpha value is -0.740. The maximum absolute atomic E-state index is 5.82. The van der Waals surface area contributed by atoms with Crippen LogP contribution in [0.4, 0.5) is 0 Å². The molecule has 2 rings (SSSR count). The average molecular weight is 449 g/mol. The minimum atomic E-state index is 0. The number of imidazole rings is 2. The van der Waals surface area contributed by atoms with Crippen LogP contribution >= 0.6 is 60.7 Å². The summed E-state index contributed by atoms with van der Waals surface area (Å²) in [5.74, 6) is 2.33. The minimum absolute atomic E-state index is 0. The molecule has 0 aliphatic heterocycles. The van der Waals surface area contributed by atoms with Crippen molar-refractivity contribution in [1.82, 2.24) is 25.3 Å². The van der Waals surface area contributed by atoms with Gasteiger partial charge in [-0.25, -0.2) is 9.97 Å². The second-order valence-electron chi connectivity index (χ2n) is 4.46. The Morgan fingerprint density at radius 2 is 2.08 bits per heavy atom. The lowest BCUT2D eigenvalue weighted by molar-refractivity contribution is 0.835. The van der Waals surface area contributed by atoms with E-state index in [1.807, 2.05) is 24.2 Å². The quantitative estimate of drug-likeness (QED) is 0.203. The van der Waals surface area contributed by atoms with Gasteiger partial charge in [-0.05, 0) is 6.26 Å². The van der Waals surface area contributed by atoms with Crippen LogP contribution in [0.3, 0.4) is 0 Å². The maximum atomic E-state index is 5.82. The highest BCUT2D eigenvalue weighted by Crippen LogP contribution is 2.20. The molecule has 0 atom stereocenters. The van der Waals surface area contributed by atoms with E-state index in [1.54, 1.807) is 24.4 Å². The molecule has 0 bridgehead atoms. The topological polar surface area (TPSA) is 108 Å². The van der Waals surface area contributed by atoms with Gasteiger partial charge in [0.2, 0.25) is 0 Å². The van der Waals surface area contributed by atoms with Gasteiger partial charge in [0.15, 0.2) is 5.96 Å². The number of thioether (sulfide) groups is 2. The molecule has 0 spiro atoms. The van der Waals surface area contributed by atoms with E-state index in [1.165, 1.54) is 5.69 Å². The van der Waals surface area contributed by atoms with E-state index in [2.05, 4.69) is 30.2 Å². The molecule has 0 amide bonds. The van der Waals surface area contributed by atoms with Gasteiger partial charge in [0, 0.05) is 36.4 Å². The van der Waals surface area contributed by atoms with Crippen molar-refractivity contribution >= 4 is 66.7 Å². The molecule has 5 N–H and O–H groups in total. The molecular weight excluding hydrogens is 425 g/mol. The fraction of sp³-hybridized carbons (Fsp3) is 0.462. The molecule has 2 heterocycles. The number of nitrogens with one attached hydrogen (secondary N) is 3. The van der Waals surface area contributed by atoms with E-state index in [9.17, 15) is 0 Å². The SMILES string of the molecule is CSc1nc[nH]c1CSCCN=C(N)NCCc1cnc[nH]1.Cl.Cl.Cl. The van der Waals surface area contributed by atoms with Crippen LogP contribution in [0.1, 0.15) is 11.4 Å². The van der Waals surface area contributed by atoms with Crippen LogP contribution < -0.4 is 11.1 Å². The Bertz CT molecular complexity index is 578. The zero-order valence-corrected chi connectivity index (χ0v) is 17.8. The second-order valence-corrected chi connectivity index (χ2v) is 6.36. The van der Waals surface area contributed by atoms with Crippen molar-refractivity contribution in [1.29, 1.82) is 0 Å². The van der Waals surface area contributed by atoms with E-state index >= 15 is 0 Å². The van der Waals surface area contributed by atoms with Crippen molar-refractivity contribution in [2.24, 2.45) is 10.7 Å². The lowest BCUT2D eigenvalue weighted by atomic mass is 10.3. The van der Waals surface area contributed by atoms with Gasteiger partial charge in [0.05, 0.1) is 24.9 Å². The molecule has 2 aromatic heterocycles. The van der Waals surface area contributed by atoms with Gasteiger partial charge in [-0.15, -0.1) is 49.0 Å². The second kappa shape index (κ2) is 15.5. The first-order valence-electron chi connectivity index (χ1n) is 6.94. The predicted octanol–water partition coefficient (Wildman–Crippen LogP) is 2.50. The number of nitrogens with two attached hydrogens (primary N) is 1. The van der Waals surface area contributed by atoms with Gasteiger partial charge >= 0.3 is 0 Å². The summed E-state index contributed by atoms with van der Waals surface area (Å²) >= 11 is 3.47. The van der Waals surface area contributed by atoms with Crippen LogP contribution in [0.2, 0.25) is 0 Å². The monoisotopic (exact) mass is 447 g/mol. The van der Waals surface area contributed by atoms with Crippen LogP contribution in [0.5, 0.6) is 0 Å². The van der Waals surface area contributed by atoms with Crippen molar-refractivity contribution in [2.45, 2.75) is 17.2 Å². The normalized spacial score (nSPS) is 10.4. The van der Waals surface area contributed by atoms with E-state index in [0.29, 0.717) is 12.5 Å². The summed E-state index contributed by atoms with van der Waals surface area (Å²) in [6.07, 6.45) is 8.10. The predicted molar refractivity (Wildman–Crippen MR) is 115 cm³/mol. The van der Waals surface area contributed by atoms with Gasteiger partial charge in [-0.2, -0.15) is 11.8 Å². The smallest absolute Gasteiger partial charge is 0.188 e. The third-order valence-corrected chi connectivity index (χ3v) is 4.59. The highest BCUT2D eigenvalue weighted by molar-refractivity contribution is 7.99. The highest BCUT2D eigenvalue weighted by Gasteiger charge is 2.03. The van der Waals surface area contributed by atoms with Crippen LogP contribution in [0.25, 0.3) is 0 Å². The van der Waals surface area contributed by atoms with Gasteiger partial charge in [-0.1, -0.05) is 0 Å². The first-order chi connectivity index (χ1) is 10.8. The number of aromatic amines is 2. The molecule has 0 aliphatic rings. The van der Waals surface area contributed by atoms with Gasteiger partial charge < -0.3 is 21.0 Å². The molecule has 0 saturated heterocycles. The number of nitrogens with zero attached hydrogens (tertiary/aromatic N) is 3. The van der Waals surface area contributed by atoms with Crippen LogP contribution in [0.15, 0.2) is 28.9 Å². The molecular formula is C13H24Cl3N7S2. The van der Waals surface area contributed by atoms with Crippen LogP contribution in [-0.4, -0.2) is 51.0 Å². The Labute approximate surface area is 174 Å². The molecule has 0 radical (unpaired) electrons. The number of halogens is 3. The van der Waals surface area contributed by atoms with Gasteiger partial charge in [0.1, 0.15) is 5.03 Å². The molecule has 0 saturated carbocycles. The van der Waals surface area contributed by atoms with Crippen molar-refractivity contribution in [3.8, 4) is 0 Å². The number of aliphatic imine (C=N–C) groups is 1. The largest absolute Gasteiger partial charge is 0.370 e. The average Bonchev–Trinajstić information content (AvgIpc) is 3.18. The fourth-order valence-electron chi connectivity index (χ4n) is 1.80. The summed E-state index contributed by atoms with van der Waals surface area (Å²) in [5.41, 5.74) is 8.08. The molecule has 0 aromatic carbocycles. The zero-order valence-electron chi connectivity index (χ0n) is 13.7. The molecule has 7 nitrogen and oxygen atoms in total. The summed E-state index contributed by atoms with van der Waals surface area (Å²) in [6.45, 7) is 1.45. The number of hydrogen-bond acceptors (Lipinski definition) is 5. The summed E-state index contributed by atoms with van der Waals surface area (Å²) in [4.78, 5) is 18.7. The fourth-order valence-corrected chi connectivity index (χ4v) is 3.21. The highest BCUT2D eigenvalue weighted by atomic mass is 35.5. The Morgan fingerprint density at radius 3 is 2.76 bits per heavy atom. The first-order valence-corrected chi connectivity index (χ1v) is 9.32. The van der Waals surface area contributed by atoms with Crippen molar-refractivity contribution in [2.75, 3.05) is 25.1 Å². The third-order valence-electron chi connectivity index (χ3n) is 2.89. The standard InChI is InChI=1S/C13H21N7S2.3ClH/c1-21-12-11(19-9-20-12)7-22-5-4-17-13(14)16-3-2-10-6-15-8-18-10;;;/h6,8-9H,2-5,7H2,1H3,(H,15,18)(H,19,20)(H3,14,16,17);3*1H. The van der Waals surface area contributed by atoms with E-state index in [-0.39, 0.29) is 37.2 Å². The Kier molecular flexibility index (Phi) is 16.4. The minimum Gasteiger partial charge on any atom is -0.370 e. The summed E-state index contributed by atoms with van der Waals surface area (Å²) in [7, 11) is 0. The lowest BCUT2D eigenvalue weighted by Crippen LogP contribution is -2.33. The summed E-state index contributed by atoms with van der Waals surface area (Å²) < 4.78 is 0. The molecule has 0 aliphatic carbocycles. The zero-order chi connectivity index (χ0) is 15.6. The molecule has 144 valence electrons. The van der Waals surface area contributed by atoms with Gasteiger partial charge in [-0.3, -0.25) is 4.99 Å². The number of H-pyrrole nitrogens is 2. The maximum Gasteiger partial charge on any atom is 0.188 e. The Morgan fingerprint density at radius 1 is 1.28 bits per heavy atom.